The lowest BCUT2D eigenvalue weighted by Gasteiger charge is -2.32. The van der Waals surface area contributed by atoms with Crippen molar-refractivity contribution in [3.8, 4) is 0 Å². The minimum Gasteiger partial charge on any atom is -0.316 e. The molecule has 2 heteroatoms. The van der Waals surface area contributed by atoms with E-state index in [2.05, 4.69) is 37.4 Å². The third kappa shape index (κ3) is 3.04. The quantitative estimate of drug-likeness (QED) is 0.755. The molecule has 2 aliphatic carbocycles. The van der Waals surface area contributed by atoms with Gasteiger partial charge in [-0.25, -0.2) is 0 Å². The second-order valence-corrected chi connectivity index (χ2v) is 7.52. The topological polar surface area (TPSA) is 12.0 Å². The molecule has 3 rings (SSSR count). The fraction of sp³-hybridized carbons (Fsp3) is 0.667. The highest BCUT2D eigenvalue weighted by Crippen LogP contribution is 2.60. The summed E-state index contributed by atoms with van der Waals surface area (Å²) in [6.07, 6.45) is 6.65. The summed E-state index contributed by atoms with van der Waals surface area (Å²) in [6, 6.07) is 6.55. The highest BCUT2D eigenvalue weighted by atomic mass is 35.5. The Kier molecular flexibility index (Phi) is 4.10. The average molecular weight is 292 g/mol. The maximum atomic E-state index is 6.46. The zero-order chi connectivity index (χ0) is 14.2. The van der Waals surface area contributed by atoms with Gasteiger partial charge in [0.15, 0.2) is 0 Å². The molecule has 0 radical (unpaired) electrons. The zero-order valence-electron chi connectivity index (χ0n) is 12.7. The fourth-order valence-electron chi connectivity index (χ4n) is 4.09. The monoisotopic (exact) mass is 291 g/mol. The number of hydrogen-bond donors (Lipinski definition) is 1. The van der Waals surface area contributed by atoms with Crippen molar-refractivity contribution in [2.45, 2.75) is 46.0 Å². The van der Waals surface area contributed by atoms with E-state index in [4.69, 9.17) is 11.6 Å². The van der Waals surface area contributed by atoms with Gasteiger partial charge < -0.3 is 5.32 Å². The first-order valence-corrected chi connectivity index (χ1v) is 8.45. The second kappa shape index (κ2) is 5.69. The molecule has 110 valence electrons. The Labute approximate surface area is 128 Å². The Morgan fingerprint density at radius 1 is 1.30 bits per heavy atom. The van der Waals surface area contributed by atoms with Crippen LogP contribution >= 0.6 is 11.6 Å². The van der Waals surface area contributed by atoms with E-state index in [1.54, 1.807) is 0 Å². The highest BCUT2D eigenvalue weighted by Gasteiger charge is 2.53. The van der Waals surface area contributed by atoms with Gasteiger partial charge in [-0.15, -0.1) is 0 Å². The molecule has 2 atom stereocenters. The van der Waals surface area contributed by atoms with E-state index in [0.29, 0.717) is 5.41 Å². The van der Waals surface area contributed by atoms with Crippen molar-refractivity contribution in [1.82, 2.24) is 5.32 Å². The van der Waals surface area contributed by atoms with Gasteiger partial charge in [0, 0.05) is 11.6 Å². The van der Waals surface area contributed by atoms with Crippen LogP contribution < -0.4 is 5.32 Å². The van der Waals surface area contributed by atoms with Crippen molar-refractivity contribution in [3.63, 3.8) is 0 Å². The number of rotatable bonds is 6. The number of benzene rings is 1. The van der Waals surface area contributed by atoms with Crippen LogP contribution in [-0.2, 0) is 6.42 Å². The summed E-state index contributed by atoms with van der Waals surface area (Å²) in [5, 5.41) is 4.63. The van der Waals surface area contributed by atoms with Crippen LogP contribution in [-0.4, -0.2) is 13.1 Å². The van der Waals surface area contributed by atoms with Gasteiger partial charge in [-0.05, 0) is 80.0 Å². The molecule has 0 aliphatic heterocycles. The van der Waals surface area contributed by atoms with E-state index in [1.807, 2.05) is 0 Å². The van der Waals surface area contributed by atoms with Crippen molar-refractivity contribution >= 4 is 11.6 Å². The molecule has 0 aromatic heterocycles. The van der Waals surface area contributed by atoms with Gasteiger partial charge in [-0.1, -0.05) is 30.7 Å². The van der Waals surface area contributed by atoms with Crippen molar-refractivity contribution in [1.29, 1.82) is 0 Å². The molecule has 0 saturated heterocycles. The van der Waals surface area contributed by atoms with Crippen LogP contribution in [0.3, 0.4) is 0 Å². The Hall–Kier alpha value is -0.530. The Bertz CT molecular complexity index is 472. The summed E-state index contributed by atoms with van der Waals surface area (Å²) in [4.78, 5) is 0. The number of hydrogen-bond acceptors (Lipinski definition) is 1. The Balaban J connectivity index is 1.72. The highest BCUT2D eigenvalue weighted by molar-refractivity contribution is 6.31. The van der Waals surface area contributed by atoms with Crippen LogP contribution in [0.2, 0.25) is 5.02 Å². The molecule has 1 aromatic carbocycles. The van der Waals surface area contributed by atoms with Crippen LogP contribution in [0.25, 0.3) is 0 Å². The first kappa shape index (κ1) is 14.4. The minimum absolute atomic E-state index is 0.460. The van der Waals surface area contributed by atoms with Gasteiger partial charge in [0.2, 0.25) is 0 Å². The van der Waals surface area contributed by atoms with E-state index < -0.39 is 0 Å². The van der Waals surface area contributed by atoms with Crippen LogP contribution in [0.5, 0.6) is 0 Å². The van der Waals surface area contributed by atoms with Crippen LogP contribution in [0, 0.1) is 24.2 Å². The average Bonchev–Trinajstić information content (AvgIpc) is 3.02. The molecule has 0 heterocycles. The van der Waals surface area contributed by atoms with Crippen molar-refractivity contribution in [3.05, 3.63) is 34.3 Å². The summed E-state index contributed by atoms with van der Waals surface area (Å²) >= 11 is 6.46. The lowest BCUT2D eigenvalue weighted by atomic mass is 9.77. The molecule has 1 N–H and O–H groups in total. The predicted molar refractivity (Wildman–Crippen MR) is 86.3 cm³/mol. The molecule has 0 amide bonds. The molecule has 20 heavy (non-hydrogen) atoms. The summed E-state index contributed by atoms with van der Waals surface area (Å²) in [6.45, 7) is 6.65. The molecule has 2 unspecified atom stereocenters. The lowest BCUT2D eigenvalue weighted by molar-refractivity contribution is 0.249. The molecular formula is C18H26ClN. The van der Waals surface area contributed by atoms with Gasteiger partial charge in [0.05, 0.1) is 0 Å². The SMILES string of the molecule is CCCNCC1(Cc2ccc(C)cc2Cl)CC2CC2C1. The van der Waals surface area contributed by atoms with Gasteiger partial charge in [0.25, 0.3) is 0 Å². The molecule has 2 saturated carbocycles. The standard InChI is InChI=1S/C18H26ClN/c1-3-6-20-12-18(10-15-8-16(15)11-18)9-14-5-4-13(2)7-17(14)19/h4-5,7,15-16,20H,3,6,8-12H2,1-2H3. The first-order chi connectivity index (χ1) is 9.62. The normalized spacial score (nSPS) is 31.4. The van der Waals surface area contributed by atoms with E-state index in [9.17, 15) is 0 Å². The molecule has 1 aromatic rings. The summed E-state index contributed by atoms with van der Waals surface area (Å²) in [7, 11) is 0. The van der Waals surface area contributed by atoms with Crippen molar-refractivity contribution in [2.24, 2.45) is 17.3 Å². The maximum Gasteiger partial charge on any atom is 0.0440 e. The van der Waals surface area contributed by atoms with E-state index in [-0.39, 0.29) is 0 Å². The zero-order valence-corrected chi connectivity index (χ0v) is 13.5. The third-order valence-electron chi connectivity index (χ3n) is 5.16. The number of halogens is 1. The van der Waals surface area contributed by atoms with E-state index >= 15 is 0 Å². The first-order valence-electron chi connectivity index (χ1n) is 8.08. The van der Waals surface area contributed by atoms with Crippen LogP contribution in [0.4, 0.5) is 0 Å². The largest absolute Gasteiger partial charge is 0.316 e. The maximum absolute atomic E-state index is 6.46. The van der Waals surface area contributed by atoms with Gasteiger partial charge in [-0.3, -0.25) is 0 Å². The minimum atomic E-state index is 0.460. The van der Waals surface area contributed by atoms with Crippen LogP contribution in [0.15, 0.2) is 18.2 Å². The Morgan fingerprint density at radius 2 is 2.05 bits per heavy atom. The number of nitrogens with one attached hydrogen (secondary N) is 1. The fourth-order valence-corrected chi connectivity index (χ4v) is 4.39. The summed E-state index contributed by atoms with van der Waals surface area (Å²) in [5.74, 6) is 2.03. The predicted octanol–water partition coefficient (Wildman–Crippen LogP) is 4.61. The molecule has 1 nitrogen and oxygen atoms in total. The summed E-state index contributed by atoms with van der Waals surface area (Å²) in [5.41, 5.74) is 3.06. The molecule has 0 bridgehead atoms. The van der Waals surface area contributed by atoms with Crippen molar-refractivity contribution < 1.29 is 0 Å². The number of fused-ring (bicyclic) bond motifs is 1. The van der Waals surface area contributed by atoms with E-state index in [1.165, 1.54) is 36.8 Å². The molecule has 2 fully saturated rings. The second-order valence-electron chi connectivity index (χ2n) is 7.11. The van der Waals surface area contributed by atoms with Gasteiger partial charge >= 0.3 is 0 Å². The number of aryl methyl sites for hydroxylation is 1. The van der Waals surface area contributed by atoms with E-state index in [0.717, 1.165) is 36.4 Å². The van der Waals surface area contributed by atoms with Crippen LogP contribution in [0.1, 0.15) is 43.7 Å². The molecular weight excluding hydrogens is 266 g/mol. The Morgan fingerprint density at radius 3 is 2.70 bits per heavy atom. The smallest absolute Gasteiger partial charge is 0.0440 e. The third-order valence-corrected chi connectivity index (χ3v) is 5.51. The van der Waals surface area contributed by atoms with Crippen molar-refractivity contribution in [2.75, 3.05) is 13.1 Å². The summed E-state index contributed by atoms with van der Waals surface area (Å²) < 4.78 is 0. The van der Waals surface area contributed by atoms with Gasteiger partial charge in [-0.2, -0.15) is 0 Å². The molecule has 0 spiro atoms. The molecule has 2 aliphatic rings. The van der Waals surface area contributed by atoms with Gasteiger partial charge in [0.1, 0.15) is 0 Å². The lowest BCUT2D eigenvalue weighted by Crippen LogP contribution is -2.35.